The van der Waals surface area contributed by atoms with Gasteiger partial charge in [-0.1, -0.05) is 42.5 Å². The summed E-state index contributed by atoms with van der Waals surface area (Å²) >= 11 is 0. The minimum Gasteiger partial charge on any atom is -0.289 e. The zero-order valence-corrected chi connectivity index (χ0v) is 12.2. The third-order valence-corrected chi connectivity index (χ3v) is 3.68. The molecule has 5 nitrogen and oxygen atoms in total. The molecule has 2 aromatic carbocycles. The number of carbonyl (C=O) groups excluding carboxylic acids is 4. The van der Waals surface area contributed by atoms with E-state index in [9.17, 15) is 19.2 Å². The summed E-state index contributed by atoms with van der Waals surface area (Å²) in [5, 5.41) is 0. The summed E-state index contributed by atoms with van der Waals surface area (Å²) in [7, 11) is 0. The monoisotopic (exact) mass is 307 g/mol. The van der Waals surface area contributed by atoms with Crippen molar-refractivity contribution >= 4 is 23.5 Å². The van der Waals surface area contributed by atoms with Crippen molar-refractivity contribution in [3.05, 3.63) is 71.3 Å². The van der Waals surface area contributed by atoms with E-state index in [4.69, 9.17) is 0 Å². The van der Waals surface area contributed by atoms with Crippen molar-refractivity contribution in [1.82, 2.24) is 4.90 Å². The molecule has 23 heavy (non-hydrogen) atoms. The Bertz CT molecular complexity index is 778. The molecular formula is C18H13NO4. The lowest BCUT2D eigenvalue weighted by atomic mass is 10.0. The zero-order valence-electron chi connectivity index (χ0n) is 12.2. The fraction of sp³-hybridized carbons (Fsp3) is 0.111. The van der Waals surface area contributed by atoms with Crippen molar-refractivity contribution in [3.8, 4) is 0 Å². The van der Waals surface area contributed by atoms with Gasteiger partial charge in [-0.05, 0) is 12.1 Å². The molecule has 0 aliphatic carbocycles. The molecule has 0 atom stereocenters. The van der Waals surface area contributed by atoms with Gasteiger partial charge in [0, 0.05) is 29.5 Å². The molecule has 0 unspecified atom stereocenters. The summed E-state index contributed by atoms with van der Waals surface area (Å²) < 4.78 is 0. The van der Waals surface area contributed by atoms with Crippen LogP contribution in [0.15, 0.2) is 54.6 Å². The molecule has 0 aromatic heterocycles. The second-order valence-corrected chi connectivity index (χ2v) is 5.20. The number of ketones is 1. The summed E-state index contributed by atoms with van der Waals surface area (Å²) in [6.45, 7) is 0. The van der Waals surface area contributed by atoms with Gasteiger partial charge >= 0.3 is 0 Å². The van der Waals surface area contributed by atoms with Gasteiger partial charge in [-0.15, -0.1) is 0 Å². The van der Waals surface area contributed by atoms with Gasteiger partial charge in [-0.2, -0.15) is 0 Å². The number of hydrogen-bond acceptors (Lipinski definition) is 4. The van der Waals surface area contributed by atoms with Gasteiger partial charge in [-0.25, -0.2) is 4.90 Å². The molecule has 0 spiro atoms. The van der Waals surface area contributed by atoms with Crippen LogP contribution in [0.4, 0.5) is 0 Å². The minimum atomic E-state index is -0.642. The predicted octanol–water partition coefficient (Wildman–Crippen LogP) is 2.21. The van der Waals surface area contributed by atoms with E-state index in [0.29, 0.717) is 16.0 Å². The number of carbonyl (C=O) groups is 4. The normalized spacial score (nSPS) is 14.2. The molecule has 0 radical (unpaired) electrons. The van der Waals surface area contributed by atoms with Crippen LogP contribution in [0.2, 0.25) is 0 Å². The Balaban J connectivity index is 1.82. The molecule has 0 N–H and O–H groups in total. The fourth-order valence-electron chi connectivity index (χ4n) is 2.45. The first-order chi connectivity index (χ1) is 11.1. The lowest BCUT2D eigenvalue weighted by Crippen LogP contribution is -2.35. The molecule has 5 heteroatoms. The van der Waals surface area contributed by atoms with E-state index in [-0.39, 0.29) is 24.2 Å². The van der Waals surface area contributed by atoms with Gasteiger partial charge in [0.25, 0.3) is 5.91 Å². The Morgan fingerprint density at radius 3 is 1.74 bits per heavy atom. The third kappa shape index (κ3) is 2.81. The van der Waals surface area contributed by atoms with E-state index in [1.54, 1.807) is 24.3 Å². The highest BCUT2D eigenvalue weighted by atomic mass is 16.2. The zero-order chi connectivity index (χ0) is 16.4. The maximum Gasteiger partial charge on any atom is 0.267 e. The summed E-state index contributed by atoms with van der Waals surface area (Å²) in [4.78, 5) is 48.4. The van der Waals surface area contributed by atoms with Gasteiger partial charge in [-0.3, -0.25) is 19.2 Å². The summed E-state index contributed by atoms with van der Waals surface area (Å²) in [6, 6.07) is 14.7. The number of rotatable bonds is 3. The van der Waals surface area contributed by atoms with Crippen LogP contribution in [0.5, 0.6) is 0 Å². The molecule has 1 aliphatic heterocycles. The van der Waals surface area contributed by atoms with Crippen molar-refractivity contribution in [2.75, 3.05) is 0 Å². The highest BCUT2D eigenvalue weighted by molar-refractivity contribution is 6.19. The Morgan fingerprint density at radius 1 is 0.696 bits per heavy atom. The molecule has 0 saturated carbocycles. The Morgan fingerprint density at radius 2 is 1.17 bits per heavy atom. The van der Waals surface area contributed by atoms with Crippen LogP contribution in [-0.2, 0) is 9.59 Å². The van der Waals surface area contributed by atoms with Gasteiger partial charge in [0.2, 0.25) is 11.8 Å². The Kier molecular flexibility index (Phi) is 3.85. The van der Waals surface area contributed by atoms with Crippen molar-refractivity contribution in [2.24, 2.45) is 0 Å². The highest BCUT2D eigenvalue weighted by Crippen LogP contribution is 2.17. The van der Waals surface area contributed by atoms with Gasteiger partial charge in [0.15, 0.2) is 5.78 Å². The van der Waals surface area contributed by atoms with Crippen molar-refractivity contribution in [2.45, 2.75) is 12.8 Å². The highest BCUT2D eigenvalue weighted by Gasteiger charge is 2.34. The van der Waals surface area contributed by atoms with Crippen LogP contribution in [0.1, 0.15) is 39.1 Å². The second-order valence-electron chi connectivity index (χ2n) is 5.20. The molecule has 3 rings (SSSR count). The molecule has 2 aromatic rings. The van der Waals surface area contributed by atoms with Crippen LogP contribution < -0.4 is 0 Å². The molecule has 1 aliphatic rings. The van der Waals surface area contributed by atoms with Crippen LogP contribution in [0, 0.1) is 0 Å². The van der Waals surface area contributed by atoms with E-state index in [0.717, 1.165) is 0 Å². The second kappa shape index (κ2) is 5.96. The predicted molar refractivity (Wildman–Crippen MR) is 81.7 cm³/mol. The number of likely N-dealkylation sites (tertiary alicyclic amines) is 1. The van der Waals surface area contributed by atoms with Gasteiger partial charge in [0.05, 0.1) is 0 Å². The van der Waals surface area contributed by atoms with E-state index in [2.05, 4.69) is 0 Å². The van der Waals surface area contributed by atoms with Crippen LogP contribution in [0.25, 0.3) is 0 Å². The largest absolute Gasteiger partial charge is 0.289 e. The summed E-state index contributed by atoms with van der Waals surface area (Å²) in [5.74, 6) is -1.76. The summed E-state index contributed by atoms with van der Waals surface area (Å²) in [5.41, 5.74) is 1.20. The average molecular weight is 307 g/mol. The van der Waals surface area contributed by atoms with Crippen LogP contribution in [-0.4, -0.2) is 28.4 Å². The van der Waals surface area contributed by atoms with Crippen LogP contribution >= 0.6 is 0 Å². The number of nitrogens with zero attached hydrogens (tertiary/aromatic N) is 1. The van der Waals surface area contributed by atoms with Crippen molar-refractivity contribution < 1.29 is 19.2 Å². The maximum atomic E-state index is 12.3. The standard InChI is InChI=1S/C18H13NO4/c20-15-10-11-16(21)19(15)18(23)14-8-6-13(7-9-14)17(22)12-4-2-1-3-5-12/h1-9H,10-11H2. The summed E-state index contributed by atoms with van der Waals surface area (Å²) in [6.07, 6.45) is 0.129. The topological polar surface area (TPSA) is 71.5 Å². The molecular weight excluding hydrogens is 294 g/mol. The first-order valence-corrected chi connectivity index (χ1v) is 7.18. The average Bonchev–Trinajstić information content (AvgIpc) is 2.93. The first kappa shape index (κ1) is 14.8. The lowest BCUT2D eigenvalue weighted by Gasteiger charge is -2.11. The Hall–Kier alpha value is -3.08. The van der Waals surface area contributed by atoms with Gasteiger partial charge < -0.3 is 0 Å². The molecule has 1 heterocycles. The van der Waals surface area contributed by atoms with Crippen molar-refractivity contribution in [1.29, 1.82) is 0 Å². The number of amides is 3. The van der Waals surface area contributed by atoms with E-state index in [1.165, 1.54) is 24.3 Å². The van der Waals surface area contributed by atoms with Crippen LogP contribution in [0.3, 0.4) is 0 Å². The smallest absolute Gasteiger partial charge is 0.267 e. The number of benzene rings is 2. The minimum absolute atomic E-state index is 0.0646. The van der Waals surface area contributed by atoms with E-state index < -0.39 is 17.7 Å². The third-order valence-electron chi connectivity index (χ3n) is 3.68. The van der Waals surface area contributed by atoms with Gasteiger partial charge in [0.1, 0.15) is 0 Å². The van der Waals surface area contributed by atoms with E-state index in [1.807, 2.05) is 6.07 Å². The number of imide groups is 3. The van der Waals surface area contributed by atoms with E-state index >= 15 is 0 Å². The maximum absolute atomic E-state index is 12.3. The molecule has 3 amide bonds. The number of hydrogen-bond donors (Lipinski definition) is 0. The SMILES string of the molecule is O=C(c1ccccc1)c1ccc(C(=O)N2C(=O)CCC2=O)cc1. The first-order valence-electron chi connectivity index (χ1n) is 7.18. The molecule has 114 valence electrons. The molecule has 0 bridgehead atoms. The van der Waals surface area contributed by atoms with Crippen molar-refractivity contribution in [3.63, 3.8) is 0 Å². The lowest BCUT2D eigenvalue weighted by molar-refractivity contribution is -0.134. The quantitative estimate of drug-likeness (QED) is 0.644. The Labute approximate surface area is 132 Å². The molecule has 1 fully saturated rings. The fourth-order valence-corrected chi connectivity index (χ4v) is 2.45. The molecule has 1 saturated heterocycles.